The van der Waals surface area contributed by atoms with Crippen molar-refractivity contribution in [2.24, 2.45) is 10.2 Å². The topological polar surface area (TPSA) is 115 Å². The lowest BCUT2D eigenvalue weighted by Crippen LogP contribution is -2.18. The molecular formula is C22H20N4O5. The minimum atomic E-state index is -0.599. The number of rotatable bonds is 8. The van der Waals surface area contributed by atoms with Crippen LogP contribution in [0.1, 0.15) is 32.2 Å². The summed E-state index contributed by atoms with van der Waals surface area (Å²) >= 11 is 0. The third-order valence-electron chi connectivity index (χ3n) is 4.00. The zero-order valence-corrected chi connectivity index (χ0v) is 16.9. The zero-order chi connectivity index (χ0) is 22.1. The molecule has 0 radical (unpaired) electrons. The molecule has 0 bridgehead atoms. The summed E-state index contributed by atoms with van der Waals surface area (Å²) in [5, 5.41) is 7.74. The number of carbonyl (C=O) groups is 2. The molecule has 0 saturated carbocycles. The number of ether oxygens (including phenoxy) is 2. The summed E-state index contributed by atoms with van der Waals surface area (Å²) in [5.41, 5.74) is 6.16. The fraction of sp³-hybridized carbons (Fsp3) is 0.0909. The van der Waals surface area contributed by atoms with Crippen molar-refractivity contribution in [2.75, 3.05) is 14.2 Å². The summed E-state index contributed by atoms with van der Waals surface area (Å²) in [7, 11) is 3.12. The lowest BCUT2D eigenvalue weighted by Gasteiger charge is -2.00. The molecule has 2 aromatic carbocycles. The molecule has 0 aliphatic heterocycles. The van der Waals surface area contributed by atoms with E-state index in [9.17, 15) is 9.59 Å². The van der Waals surface area contributed by atoms with Crippen molar-refractivity contribution >= 4 is 24.2 Å². The van der Waals surface area contributed by atoms with E-state index >= 15 is 0 Å². The Morgan fingerprint density at radius 2 is 1.23 bits per heavy atom. The monoisotopic (exact) mass is 420 g/mol. The summed E-state index contributed by atoms with van der Waals surface area (Å²) in [6.07, 6.45) is 2.93. The van der Waals surface area contributed by atoms with Crippen LogP contribution in [0.2, 0.25) is 0 Å². The molecule has 0 aliphatic rings. The number of nitrogens with one attached hydrogen (secondary N) is 2. The molecular weight excluding hydrogens is 400 g/mol. The predicted octanol–water partition coefficient (Wildman–Crippen LogP) is 2.82. The number of amides is 2. The first-order valence-electron chi connectivity index (χ1n) is 9.14. The molecule has 1 heterocycles. The highest BCUT2D eigenvalue weighted by Crippen LogP contribution is 2.12. The molecule has 31 heavy (non-hydrogen) atoms. The summed E-state index contributed by atoms with van der Waals surface area (Å²) in [4.78, 5) is 24.3. The van der Waals surface area contributed by atoms with Gasteiger partial charge in [0.25, 0.3) is 0 Å². The van der Waals surface area contributed by atoms with Crippen LogP contribution in [0.3, 0.4) is 0 Å². The second-order valence-corrected chi connectivity index (χ2v) is 6.12. The van der Waals surface area contributed by atoms with Crippen LogP contribution < -0.4 is 20.3 Å². The number of hydrazone groups is 2. The number of hydrogen-bond acceptors (Lipinski definition) is 7. The molecule has 0 saturated heterocycles. The van der Waals surface area contributed by atoms with Gasteiger partial charge in [-0.1, -0.05) is 24.3 Å². The average Bonchev–Trinajstić information content (AvgIpc) is 3.30. The second-order valence-electron chi connectivity index (χ2n) is 6.12. The fourth-order valence-corrected chi connectivity index (χ4v) is 2.47. The largest absolute Gasteiger partial charge is 0.497 e. The number of carbonyl (C=O) groups excluding carboxylic acids is 2. The number of hydrogen-bond donors (Lipinski definition) is 2. The number of methoxy groups -OCH3 is 2. The van der Waals surface area contributed by atoms with Gasteiger partial charge in [-0.15, -0.1) is 0 Å². The van der Waals surface area contributed by atoms with Gasteiger partial charge in [-0.05, 0) is 47.5 Å². The van der Waals surface area contributed by atoms with Crippen LogP contribution in [0.4, 0.5) is 0 Å². The van der Waals surface area contributed by atoms with Crippen LogP contribution in [0, 0.1) is 0 Å². The molecule has 0 fully saturated rings. The Hall–Kier alpha value is -4.40. The van der Waals surface area contributed by atoms with Crippen LogP contribution in [0.15, 0.2) is 75.3 Å². The van der Waals surface area contributed by atoms with Gasteiger partial charge in [-0.2, -0.15) is 10.2 Å². The van der Waals surface area contributed by atoms with Crippen LogP contribution in [0.5, 0.6) is 11.5 Å². The molecule has 0 aliphatic carbocycles. The highest BCUT2D eigenvalue weighted by molar-refractivity contribution is 5.96. The van der Waals surface area contributed by atoms with Gasteiger partial charge in [0.15, 0.2) is 11.5 Å². The van der Waals surface area contributed by atoms with E-state index in [1.807, 2.05) is 0 Å². The first kappa shape index (κ1) is 21.3. The van der Waals surface area contributed by atoms with E-state index < -0.39 is 11.8 Å². The predicted molar refractivity (Wildman–Crippen MR) is 115 cm³/mol. The SMILES string of the molecule is COc1cccc(C=NNC(=O)c2ccc(C(=O)NN=Cc3cccc(OC)c3)o2)c1. The van der Waals surface area contributed by atoms with Gasteiger partial charge in [-0.3, -0.25) is 9.59 Å². The summed E-state index contributed by atoms with van der Waals surface area (Å²) in [5.74, 6) is 0.0163. The Morgan fingerprint density at radius 3 is 1.65 bits per heavy atom. The summed E-state index contributed by atoms with van der Waals surface area (Å²) in [6, 6.07) is 17.1. The molecule has 3 rings (SSSR count). The Balaban J connectivity index is 1.54. The van der Waals surface area contributed by atoms with Gasteiger partial charge in [-0.25, -0.2) is 10.9 Å². The minimum Gasteiger partial charge on any atom is -0.497 e. The normalized spacial score (nSPS) is 10.9. The third kappa shape index (κ3) is 6.04. The molecule has 2 amide bonds. The number of nitrogens with zero attached hydrogens (tertiary/aromatic N) is 2. The second kappa shape index (κ2) is 10.4. The summed E-state index contributed by atoms with van der Waals surface area (Å²) in [6.45, 7) is 0. The molecule has 1 aromatic heterocycles. The van der Waals surface area contributed by atoms with Crippen LogP contribution in [-0.4, -0.2) is 38.5 Å². The van der Waals surface area contributed by atoms with E-state index in [-0.39, 0.29) is 11.5 Å². The molecule has 0 atom stereocenters. The molecule has 2 N–H and O–H groups in total. The Morgan fingerprint density at radius 1 is 0.774 bits per heavy atom. The fourth-order valence-electron chi connectivity index (χ4n) is 2.47. The number of benzene rings is 2. The van der Waals surface area contributed by atoms with Gasteiger partial charge >= 0.3 is 11.8 Å². The van der Waals surface area contributed by atoms with Crippen molar-refractivity contribution in [1.29, 1.82) is 0 Å². The van der Waals surface area contributed by atoms with Crippen molar-refractivity contribution in [1.82, 2.24) is 10.9 Å². The van der Waals surface area contributed by atoms with Gasteiger partial charge in [0.05, 0.1) is 26.6 Å². The van der Waals surface area contributed by atoms with Gasteiger partial charge in [0.1, 0.15) is 11.5 Å². The lowest BCUT2D eigenvalue weighted by atomic mass is 10.2. The molecule has 9 nitrogen and oxygen atoms in total. The Labute approximate surface area is 178 Å². The smallest absolute Gasteiger partial charge is 0.307 e. The maximum absolute atomic E-state index is 12.1. The van der Waals surface area contributed by atoms with Crippen molar-refractivity contribution in [3.8, 4) is 11.5 Å². The van der Waals surface area contributed by atoms with Crippen LogP contribution >= 0.6 is 0 Å². The van der Waals surface area contributed by atoms with Gasteiger partial charge in [0, 0.05) is 0 Å². The number of furan rings is 1. The van der Waals surface area contributed by atoms with E-state index in [4.69, 9.17) is 13.9 Å². The van der Waals surface area contributed by atoms with Crippen molar-refractivity contribution < 1.29 is 23.5 Å². The molecule has 3 aromatic rings. The van der Waals surface area contributed by atoms with Gasteiger partial charge in [0.2, 0.25) is 0 Å². The summed E-state index contributed by atoms with van der Waals surface area (Å²) < 4.78 is 15.5. The molecule has 9 heteroatoms. The Kier molecular flexibility index (Phi) is 7.15. The molecule has 0 unspecified atom stereocenters. The van der Waals surface area contributed by atoms with Crippen LogP contribution in [0.25, 0.3) is 0 Å². The first-order chi connectivity index (χ1) is 15.1. The standard InChI is InChI=1S/C22H20N4O5/c1-29-17-7-3-5-15(11-17)13-23-25-21(27)19-9-10-20(31-19)22(28)26-24-14-16-6-4-8-18(12-16)30-2/h3-14H,1-2H3,(H,25,27)(H,26,28). The highest BCUT2D eigenvalue weighted by Gasteiger charge is 2.15. The van der Waals surface area contributed by atoms with E-state index in [0.717, 1.165) is 11.1 Å². The van der Waals surface area contributed by atoms with E-state index in [1.54, 1.807) is 62.8 Å². The van der Waals surface area contributed by atoms with E-state index in [1.165, 1.54) is 24.6 Å². The quantitative estimate of drug-likeness (QED) is 0.430. The van der Waals surface area contributed by atoms with Crippen LogP contribution in [-0.2, 0) is 0 Å². The minimum absolute atomic E-state index is 0.0651. The maximum Gasteiger partial charge on any atom is 0.307 e. The van der Waals surface area contributed by atoms with Gasteiger partial charge < -0.3 is 13.9 Å². The van der Waals surface area contributed by atoms with Crippen molar-refractivity contribution in [3.05, 3.63) is 83.3 Å². The first-order valence-corrected chi connectivity index (χ1v) is 9.14. The highest BCUT2D eigenvalue weighted by atomic mass is 16.5. The zero-order valence-electron chi connectivity index (χ0n) is 16.9. The molecule has 0 spiro atoms. The molecule has 158 valence electrons. The third-order valence-corrected chi connectivity index (χ3v) is 4.00. The lowest BCUT2D eigenvalue weighted by molar-refractivity contribution is 0.0902. The maximum atomic E-state index is 12.1. The van der Waals surface area contributed by atoms with Crippen molar-refractivity contribution in [3.63, 3.8) is 0 Å². The van der Waals surface area contributed by atoms with E-state index in [0.29, 0.717) is 11.5 Å². The van der Waals surface area contributed by atoms with E-state index in [2.05, 4.69) is 21.1 Å². The van der Waals surface area contributed by atoms with Crippen molar-refractivity contribution in [2.45, 2.75) is 0 Å². The Bertz CT molecular complexity index is 1030. The average molecular weight is 420 g/mol.